The minimum Gasteiger partial charge on any atom is -0.466 e. The Hall–Kier alpha value is -6.96. The molecule has 2 aliphatic heterocycles. The Balaban J connectivity index is 0.000000326. The molecule has 0 saturated carbocycles. The van der Waals surface area contributed by atoms with Gasteiger partial charge in [0, 0.05) is 42.1 Å². The van der Waals surface area contributed by atoms with Crippen LogP contribution in [0.25, 0.3) is 22.6 Å². The molecule has 0 bridgehead atoms. The van der Waals surface area contributed by atoms with Gasteiger partial charge in [-0.05, 0) is 80.1 Å². The zero-order chi connectivity index (χ0) is 41.4. The second kappa shape index (κ2) is 21.0. The van der Waals surface area contributed by atoms with Crippen molar-refractivity contribution in [2.45, 2.75) is 58.3 Å². The molecule has 306 valence electrons. The number of carbonyl (C=O) groups is 5. The molecule has 7 rings (SSSR count). The molecule has 0 aliphatic carbocycles. The fourth-order valence-corrected chi connectivity index (χ4v) is 6.66. The van der Waals surface area contributed by atoms with Crippen LogP contribution in [0.15, 0.2) is 114 Å². The maximum atomic E-state index is 13.2. The van der Waals surface area contributed by atoms with Gasteiger partial charge in [-0.1, -0.05) is 72.8 Å². The van der Waals surface area contributed by atoms with Crippen molar-refractivity contribution in [3.63, 3.8) is 0 Å². The predicted octanol–water partition coefficient (Wildman–Crippen LogP) is 7.84. The Labute approximate surface area is 342 Å². The molecular weight excluding hydrogens is 755 g/mol. The van der Waals surface area contributed by atoms with E-state index in [9.17, 15) is 24.0 Å². The molecular formula is C45H47N5O9. The van der Waals surface area contributed by atoms with E-state index in [0.717, 1.165) is 37.1 Å². The molecule has 5 aromatic rings. The summed E-state index contributed by atoms with van der Waals surface area (Å²) >= 11 is 0. The number of likely N-dealkylation sites (tertiary alicyclic amines) is 2. The Bertz CT molecular complexity index is 2150. The normalized spacial score (nSPS) is 14.4. The molecule has 0 unspecified atom stereocenters. The second-order valence-electron chi connectivity index (χ2n) is 13.8. The number of esters is 1. The van der Waals surface area contributed by atoms with Crippen LogP contribution in [0.3, 0.4) is 0 Å². The molecule has 0 spiro atoms. The van der Waals surface area contributed by atoms with E-state index in [4.69, 9.17) is 18.6 Å². The van der Waals surface area contributed by atoms with E-state index in [-0.39, 0.29) is 37.5 Å². The number of benzene rings is 4. The van der Waals surface area contributed by atoms with E-state index in [1.54, 1.807) is 60.4 Å². The molecule has 2 saturated heterocycles. The van der Waals surface area contributed by atoms with E-state index >= 15 is 0 Å². The quantitative estimate of drug-likeness (QED) is 0.0680. The highest BCUT2D eigenvalue weighted by molar-refractivity contribution is 5.97. The summed E-state index contributed by atoms with van der Waals surface area (Å²) in [6.07, 6.45) is 3.19. The van der Waals surface area contributed by atoms with E-state index in [2.05, 4.69) is 15.6 Å². The average molecular weight is 802 g/mol. The highest BCUT2D eigenvalue weighted by atomic mass is 16.6. The van der Waals surface area contributed by atoms with Crippen molar-refractivity contribution in [3.8, 4) is 22.6 Å². The fraction of sp³-hybridized carbons (Fsp3) is 0.289. The third-order valence-corrected chi connectivity index (χ3v) is 9.64. The van der Waals surface area contributed by atoms with E-state index < -0.39 is 18.1 Å². The molecule has 2 N–H and O–H groups in total. The second-order valence-corrected chi connectivity index (χ2v) is 13.8. The summed E-state index contributed by atoms with van der Waals surface area (Å²) in [6, 6.07) is 32.5. The molecule has 3 heterocycles. The van der Waals surface area contributed by atoms with E-state index in [0.29, 0.717) is 66.4 Å². The minimum absolute atomic E-state index is 0.133. The first-order valence-electron chi connectivity index (χ1n) is 19.6. The van der Waals surface area contributed by atoms with Crippen molar-refractivity contribution in [1.82, 2.24) is 14.8 Å². The number of ether oxygens (including phenoxy) is 3. The van der Waals surface area contributed by atoms with Crippen molar-refractivity contribution in [2.75, 3.05) is 36.9 Å². The molecule has 4 amide bonds. The third kappa shape index (κ3) is 11.8. The molecule has 0 radical (unpaired) electrons. The van der Waals surface area contributed by atoms with Crippen molar-refractivity contribution in [2.24, 2.45) is 0 Å². The lowest BCUT2D eigenvalue weighted by atomic mass is 10.0. The van der Waals surface area contributed by atoms with Gasteiger partial charge in [-0.25, -0.2) is 14.6 Å². The van der Waals surface area contributed by atoms with Gasteiger partial charge in [0.05, 0.1) is 6.61 Å². The van der Waals surface area contributed by atoms with Gasteiger partial charge in [-0.15, -0.1) is 0 Å². The van der Waals surface area contributed by atoms with Gasteiger partial charge in [-0.3, -0.25) is 19.3 Å². The van der Waals surface area contributed by atoms with Crippen LogP contribution in [0.4, 0.5) is 21.0 Å². The molecule has 1 atom stereocenters. The van der Waals surface area contributed by atoms with Crippen molar-refractivity contribution in [3.05, 3.63) is 126 Å². The van der Waals surface area contributed by atoms with E-state index in [1.807, 2.05) is 60.7 Å². The number of nitrogens with zero attached hydrogens (tertiary/aromatic N) is 3. The number of anilines is 2. The highest BCUT2D eigenvalue weighted by Gasteiger charge is 2.35. The summed E-state index contributed by atoms with van der Waals surface area (Å²) in [7, 11) is 0. The van der Waals surface area contributed by atoms with Crippen molar-refractivity contribution in [1.29, 1.82) is 0 Å². The number of hydrogen-bond donors (Lipinski definition) is 2. The van der Waals surface area contributed by atoms with Gasteiger partial charge < -0.3 is 34.2 Å². The average Bonchev–Trinajstić information content (AvgIpc) is 4.07. The Morgan fingerprint density at radius 3 is 1.93 bits per heavy atom. The maximum absolute atomic E-state index is 13.2. The molecule has 1 aromatic heterocycles. The first-order chi connectivity index (χ1) is 28.8. The van der Waals surface area contributed by atoms with Gasteiger partial charge in [0.2, 0.25) is 18.2 Å². The predicted molar refractivity (Wildman–Crippen MR) is 220 cm³/mol. The number of carbonyl (C=O) groups excluding carboxylic acids is 5. The summed E-state index contributed by atoms with van der Waals surface area (Å²) in [5.74, 6) is -0.120. The number of rotatable bonds is 13. The molecule has 2 aliphatic rings. The van der Waals surface area contributed by atoms with Crippen LogP contribution in [0.1, 0.15) is 49.6 Å². The zero-order valence-electron chi connectivity index (χ0n) is 32.8. The van der Waals surface area contributed by atoms with Gasteiger partial charge in [0.1, 0.15) is 31.4 Å². The first kappa shape index (κ1) is 41.7. The standard InChI is InChI=1S/C33H32N4O7.C12H15NO2/c1-2-42-29(39)19-28-36-30(31(44-28)24-12-14-25(15-13-24)34-21-38)23-10-16-26(17-11-23)35-32(40)27-9-6-18-37(27)33(41)43-20-22-7-4-3-5-8-22;14-12(13-8-4-5-9-13)15-10-11-6-2-1-3-7-11/h3-5,7-8,10-17,21,27H,2,6,9,18-20H2,1H3,(H,34,38)(H,35,40);1-3,6-7H,4-5,8-10H2/t27-;/m0./s1. The number of nitrogens with one attached hydrogen (secondary N) is 2. The Kier molecular flexibility index (Phi) is 14.8. The van der Waals surface area contributed by atoms with Gasteiger partial charge in [0.15, 0.2) is 5.76 Å². The van der Waals surface area contributed by atoms with Crippen LogP contribution in [-0.4, -0.2) is 77.5 Å². The molecule has 59 heavy (non-hydrogen) atoms. The van der Waals surface area contributed by atoms with E-state index in [1.165, 1.54) is 4.90 Å². The molecule has 4 aromatic carbocycles. The van der Waals surface area contributed by atoms with Gasteiger partial charge in [0.25, 0.3) is 0 Å². The van der Waals surface area contributed by atoms with Gasteiger partial charge >= 0.3 is 18.2 Å². The Morgan fingerprint density at radius 2 is 1.32 bits per heavy atom. The molecule has 14 heteroatoms. The SMILES string of the molecule is CCOC(=O)Cc1nc(-c2ccc(NC(=O)[C@@H]3CCCN3C(=O)OCc3ccccc3)cc2)c(-c2ccc(NC=O)cc2)o1.O=C(OCc1ccccc1)N1CCCC1. The number of aromatic nitrogens is 1. The van der Waals surface area contributed by atoms with Crippen molar-refractivity contribution < 1.29 is 42.6 Å². The summed E-state index contributed by atoms with van der Waals surface area (Å²) < 4.78 is 21.7. The number of hydrogen-bond acceptors (Lipinski definition) is 10. The fourth-order valence-electron chi connectivity index (χ4n) is 6.66. The van der Waals surface area contributed by atoms with Crippen LogP contribution < -0.4 is 10.6 Å². The minimum atomic E-state index is -0.637. The lowest BCUT2D eigenvalue weighted by molar-refractivity contribution is -0.142. The topological polar surface area (TPSA) is 170 Å². The number of oxazole rings is 1. The zero-order valence-corrected chi connectivity index (χ0v) is 32.8. The van der Waals surface area contributed by atoms with Gasteiger partial charge in [-0.2, -0.15) is 0 Å². The largest absolute Gasteiger partial charge is 0.466 e. The first-order valence-corrected chi connectivity index (χ1v) is 19.6. The van der Waals surface area contributed by atoms with Crippen molar-refractivity contribution >= 4 is 41.8 Å². The van der Waals surface area contributed by atoms with Crippen LogP contribution in [0.2, 0.25) is 0 Å². The smallest absolute Gasteiger partial charge is 0.410 e. The van der Waals surface area contributed by atoms with Crippen LogP contribution >= 0.6 is 0 Å². The van der Waals surface area contributed by atoms with Crippen LogP contribution in [0.5, 0.6) is 0 Å². The summed E-state index contributed by atoms with van der Waals surface area (Å²) in [6.45, 7) is 4.60. The lowest BCUT2D eigenvalue weighted by Gasteiger charge is -2.23. The third-order valence-electron chi connectivity index (χ3n) is 9.64. The molecule has 14 nitrogen and oxygen atoms in total. The summed E-state index contributed by atoms with van der Waals surface area (Å²) in [5, 5.41) is 5.49. The Morgan fingerprint density at radius 1 is 0.729 bits per heavy atom. The lowest BCUT2D eigenvalue weighted by Crippen LogP contribution is -2.43. The monoisotopic (exact) mass is 801 g/mol. The van der Waals surface area contributed by atoms with Crippen LogP contribution in [0, 0.1) is 0 Å². The summed E-state index contributed by atoms with van der Waals surface area (Å²) in [5.41, 5.74) is 4.95. The summed E-state index contributed by atoms with van der Waals surface area (Å²) in [4.78, 5) is 68.2. The van der Waals surface area contributed by atoms with Crippen LogP contribution in [-0.2, 0) is 48.2 Å². The highest BCUT2D eigenvalue weighted by Crippen LogP contribution is 2.34. The maximum Gasteiger partial charge on any atom is 0.410 e. The molecule has 2 fully saturated rings. The number of amides is 4.